The summed E-state index contributed by atoms with van der Waals surface area (Å²) in [4.78, 5) is 13.5. The Morgan fingerprint density at radius 2 is 2.35 bits per heavy atom. The minimum Gasteiger partial charge on any atom is -0.395 e. The summed E-state index contributed by atoms with van der Waals surface area (Å²) in [5.41, 5.74) is 1.13. The average molecular weight is 254 g/mol. The van der Waals surface area contributed by atoms with Crippen LogP contribution in [0.3, 0.4) is 0 Å². The fourth-order valence-electron chi connectivity index (χ4n) is 2.12. The van der Waals surface area contributed by atoms with E-state index in [4.69, 9.17) is 16.7 Å². The average Bonchev–Trinajstić information content (AvgIpc) is 3.08. The molecule has 0 radical (unpaired) electrons. The van der Waals surface area contributed by atoms with Gasteiger partial charge in [0.25, 0.3) is 0 Å². The first-order valence-corrected chi connectivity index (χ1v) is 6.12. The normalized spacial score (nSPS) is 22.3. The molecule has 92 valence electrons. The SMILES string of the molecule is CN(CCO)C(=O)C1CC1c1cccc(Cl)c1. The molecular weight excluding hydrogens is 238 g/mol. The standard InChI is InChI=1S/C13H16ClNO2/c1-15(5-6-16)13(17)12-8-11(12)9-3-2-4-10(14)7-9/h2-4,7,11-12,16H,5-6,8H2,1H3. The van der Waals surface area contributed by atoms with Gasteiger partial charge in [0, 0.05) is 24.5 Å². The van der Waals surface area contributed by atoms with Crippen LogP contribution in [0.25, 0.3) is 0 Å². The summed E-state index contributed by atoms with van der Waals surface area (Å²) in [5.74, 6) is 0.469. The van der Waals surface area contributed by atoms with Crippen molar-refractivity contribution in [3.63, 3.8) is 0 Å². The van der Waals surface area contributed by atoms with Crippen LogP contribution in [0.5, 0.6) is 0 Å². The highest BCUT2D eigenvalue weighted by molar-refractivity contribution is 6.30. The van der Waals surface area contributed by atoms with Crippen molar-refractivity contribution in [1.82, 2.24) is 4.90 Å². The number of hydrogen-bond acceptors (Lipinski definition) is 2. The van der Waals surface area contributed by atoms with Crippen LogP contribution < -0.4 is 0 Å². The van der Waals surface area contributed by atoms with Crippen molar-refractivity contribution in [3.8, 4) is 0 Å². The summed E-state index contributed by atoms with van der Waals surface area (Å²) in [7, 11) is 1.73. The van der Waals surface area contributed by atoms with Crippen LogP contribution in [0.4, 0.5) is 0 Å². The molecule has 0 spiro atoms. The number of hydrogen-bond donors (Lipinski definition) is 1. The molecule has 0 aromatic heterocycles. The van der Waals surface area contributed by atoms with Crippen molar-refractivity contribution in [2.75, 3.05) is 20.2 Å². The summed E-state index contributed by atoms with van der Waals surface area (Å²) in [6.07, 6.45) is 0.884. The molecule has 3 nitrogen and oxygen atoms in total. The fourth-order valence-corrected chi connectivity index (χ4v) is 2.32. The van der Waals surface area contributed by atoms with E-state index in [-0.39, 0.29) is 18.4 Å². The molecule has 1 fully saturated rings. The zero-order valence-electron chi connectivity index (χ0n) is 9.77. The predicted octanol–water partition coefficient (Wildman–Crippen LogP) is 1.89. The third-order valence-corrected chi connectivity index (χ3v) is 3.43. The summed E-state index contributed by atoms with van der Waals surface area (Å²) >= 11 is 5.93. The molecule has 2 rings (SSSR count). The van der Waals surface area contributed by atoms with Crippen LogP contribution in [0.1, 0.15) is 17.9 Å². The molecule has 1 aromatic rings. The van der Waals surface area contributed by atoms with Crippen LogP contribution in [0.2, 0.25) is 5.02 Å². The Balaban J connectivity index is 1.98. The number of carbonyl (C=O) groups excluding carboxylic acids is 1. The Hall–Kier alpha value is -1.06. The molecular formula is C13H16ClNO2. The Morgan fingerprint density at radius 1 is 1.59 bits per heavy atom. The lowest BCUT2D eigenvalue weighted by Gasteiger charge is -2.15. The van der Waals surface area contributed by atoms with E-state index in [1.54, 1.807) is 11.9 Å². The Kier molecular flexibility index (Phi) is 3.69. The van der Waals surface area contributed by atoms with Crippen molar-refractivity contribution in [2.24, 2.45) is 5.92 Å². The molecule has 1 aromatic carbocycles. The van der Waals surface area contributed by atoms with E-state index >= 15 is 0 Å². The second-order valence-electron chi connectivity index (χ2n) is 4.49. The van der Waals surface area contributed by atoms with Crippen molar-refractivity contribution in [3.05, 3.63) is 34.9 Å². The molecule has 2 unspecified atom stereocenters. The lowest BCUT2D eigenvalue weighted by Crippen LogP contribution is -2.31. The number of amides is 1. The number of rotatable bonds is 4. The van der Waals surface area contributed by atoms with Crippen LogP contribution >= 0.6 is 11.6 Å². The van der Waals surface area contributed by atoms with Gasteiger partial charge in [0.2, 0.25) is 5.91 Å². The number of carbonyl (C=O) groups is 1. The number of nitrogens with zero attached hydrogens (tertiary/aromatic N) is 1. The monoisotopic (exact) mass is 253 g/mol. The Labute approximate surface area is 106 Å². The van der Waals surface area contributed by atoms with Crippen LogP contribution in [0, 0.1) is 5.92 Å². The van der Waals surface area contributed by atoms with Gasteiger partial charge >= 0.3 is 0 Å². The maximum absolute atomic E-state index is 11.9. The molecule has 1 saturated carbocycles. The summed E-state index contributed by atoms with van der Waals surface area (Å²) in [6.45, 7) is 0.411. The van der Waals surface area contributed by atoms with E-state index in [1.165, 1.54) is 0 Å². The molecule has 0 heterocycles. The second kappa shape index (κ2) is 5.07. The molecule has 1 amide bonds. The minimum absolute atomic E-state index is 0.0107. The molecule has 1 aliphatic rings. The number of likely N-dealkylation sites (N-methyl/N-ethyl adjacent to an activating group) is 1. The quantitative estimate of drug-likeness (QED) is 0.890. The van der Waals surface area contributed by atoms with E-state index in [0.717, 1.165) is 12.0 Å². The highest BCUT2D eigenvalue weighted by Gasteiger charge is 2.45. The fraction of sp³-hybridized carbons (Fsp3) is 0.462. The first kappa shape index (κ1) is 12.4. The van der Waals surface area contributed by atoms with Gasteiger partial charge in [-0.2, -0.15) is 0 Å². The Morgan fingerprint density at radius 3 is 3.00 bits per heavy atom. The molecule has 1 N–H and O–H groups in total. The van der Waals surface area contributed by atoms with Gasteiger partial charge in [-0.05, 0) is 30.0 Å². The smallest absolute Gasteiger partial charge is 0.226 e. The maximum Gasteiger partial charge on any atom is 0.226 e. The van der Waals surface area contributed by atoms with Gasteiger partial charge in [-0.3, -0.25) is 4.79 Å². The third kappa shape index (κ3) is 2.79. The van der Waals surface area contributed by atoms with Crippen LogP contribution in [-0.4, -0.2) is 36.1 Å². The highest BCUT2D eigenvalue weighted by Crippen LogP contribution is 2.48. The van der Waals surface area contributed by atoms with Gasteiger partial charge < -0.3 is 10.0 Å². The van der Waals surface area contributed by atoms with Crippen molar-refractivity contribution in [1.29, 1.82) is 0 Å². The van der Waals surface area contributed by atoms with Gasteiger partial charge in [0.15, 0.2) is 0 Å². The molecule has 2 atom stereocenters. The van der Waals surface area contributed by atoms with Gasteiger partial charge in [0.05, 0.1) is 6.61 Å². The number of halogens is 1. The van der Waals surface area contributed by atoms with Gasteiger partial charge in [-0.15, -0.1) is 0 Å². The summed E-state index contributed by atoms with van der Waals surface area (Å²) in [6, 6.07) is 7.68. The molecule has 4 heteroatoms. The zero-order chi connectivity index (χ0) is 12.4. The lowest BCUT2D eigenvalue weighted by atomic mass is 10.1. The molecule has 17 heavy (non-hydrogen) atoms. The first-order valence-electron chi connectivity index (χ1n) is 5.74. The summed E-state index contributed by atoms with van der Waals surface area (Å²) in [5, 5.41) is 9.51. The van der Waals surface area contributed by atoms with Crippen molar-refractivity contribution < 1.29 is 9.90 Å². The first-order chi connectivity index (χ1) is 8.13. The molecule has 1 aliphatic carbocycles. The number of aliphatic hydroxyl groups is 1. The van der Waals surface area contributed by atoms with Crippen molar-refractivity contribution in [2.45, 2.75) is 12.3 Å². The largest absolute Gasteiger partial charge is 0.395 e. The van der Waals surface area contributed by atoms with Gasteiger partial charge in [-0.1, -0.05) is 23.7 Å². The van der Waals surface area contributed by atoms with E-state index in [1.807, 2.05) is 24.3 Å². The highest BCUT2D eigenvalue weighted by atomic mass is 35.5. The van der Waals surface area contributed by atoms with Crippen LogP contribution in [-0.2, 0) is 4.79 Å². The predicted molar refractivity (Wildman–Crippen MR) is 67.0 cm³/mol. The molecule has 0 saturated heterocycles. The van der Waals surface area contributed by atoms with E-state index in [9.17, 15) is 4.79 Å². The third-order valence-electron chi connectivity index (χ3n) is 3.20. The van der Waals surface area contributed by atoms with Gasteiger partial charge in [-0.25, -0.2) is 0 Å². The van der Waals surface area contributed by atoms with Gasteiger partial charge in [0.1, 0.15) is 0 Å². The Bertz CT molecular complexity index is 422. The van der Waals surface area contributed by atoms with Crippen molar-refractivity contribution >= 4 is 17.5 Å². The second-order valence-corrected chi connectivity index (χ2v) is 4.92. The minimum atomic E-state index is 0.0107. The number of aliphatic hydroxyl groups excluding tert-OH is 1. The topological polar surface area (TPSA) is 40.5 Å². The molecule has 0 bridgehead atoms. The lowest BCUT2D eigenvalue weighted by molar-refractivity contribution is -0.131. The van der Waals surface area contributed by atoms with E-state index in [2.05, 4.69) is 0 Å². The van der Waals surface area contributed by atoms with Crippen LogP contribution in [0.15, 0.2) is 24.3 Å². The number of benzene rings is 1. The zero-order valence-corrected chi connectivity index (χ0v) is 10.5. The summed E-state index contributed by atoms with van der Waals surface area (Å²) < 4.78 is 0. The maximum atomic E-state index is 11.9. The van der Waals surface area contributed by atoms with E-state index < -0.39 is 0 Å². The van der Waals surface area contributed by atoms with E-state index in [0.29, 0.717) is 17.5 Å². The molecule has 0 aliphatic heterocycles.